The highest BCUT2D eigenvalue weighted by molar-refractivity contribution is 7.91. The first kappa shape index (κ1) is 19.5. The first-order valence-electron chi connectivity index (χ1n) is 9.07. The fourth-order valence-corrected chi connectivity index (χ4v) is 5.19. The number of rotatable bonds is 7. The Bertz CT molecular complexity index is 893. The number of aromatic amines is 1. The molecule has 1 fully saturated rings. The zero-order valence-electron chi connectivity index (χ0n) is 15.3. The van der Waals surface area contributed by atoms with E-state index in [0.29, 0.717) is 19.4 Å². The second-order valence-electron chi connectivity index (χ2n) is 7.18. The van der Waals surface area contributed by atoms with Crippen molar-refractivity contribution >= 4 is 15.7 Å². The van der Waals surface area contributed by atoms with E-state index in [1.165, 1.54) is 12.1 Å². The van der Waals surface area contributed by atoms with Gasteiger partial charge in [0.05, 0.1) is 17.2 Å². The molecular weight excluding hydrogens is 369 g/mol. The van der Waals surface area contributed by atoms with Gasteiger partial charge in [-0.2, -0.15) is 5.10 Å². The van der Waals surface area contributed by atoms with Crippen LogP contribution in [0.15, 0.2) is 30.3 Å². The number of H-pyrrole nitrogens is 1. The molecule has 1 aliphatic heterocycles. The van der Waals surface area contributed by atoms with Crippen LogP contribution >= 0.6 is 0 Å². The van der Waals surface area contributed by atoms with Gasteiger partial charge in [0.2, 0.25) is 5.91 Å². The topological polar surface area (TPSA) is 83.1 Å². The number of carbonyl (C=O) groups excluding carboxylic acids is 1. The predicted octanol–water partition coefficient (Wildman–Crippen LogP) is 2.43. The SMILES string of the molecule is CN(CCCc1cc(-c2ccc(F)cc2)n[nH]1)C(=O)CC1CCS(=O)(=O)C1. The molecule has 1 unspecified atom stereocenters. The van der Waals surface area contributed by atoms with E-state index in [9.17, 15) is 17.6 Å². The average molecular weight is 393 g/mol. The van der Waals surface area contributed by atoms with Gasteiger partial charge in [0.15, 0.2) is 9.84 Å². The lowest BCUT2D eigenvalue weighted by Crippen LogP contribution is -2.30. The number of carbonyl (C=O) groups is 1. The summed E-state index contributed by atoms with van der Waals surface area (Å²) in [4.78, 5) is 13.9. The molecule has 27 heavy (non-hydrogen) atoms. The van der Waals surface area contributed by atoms with E-state index in [-0.39, 0.29) is 29.1 Å². The Balaban J connectivity index is 1.44. The van der Waals surface area contributed by atoms with Gasteiger partial charge in [0.1, 0.15) is 5.82 Å². The Morgan fingerprint density at radius 3 is 2.74 bits per heavy atom. The lowest BCUT2D eigenvalue weighted by Gasteiger charge is -2.18. The molecule has 146 valence electrons. The van der Waals surface area contributed by atoms with Crippen molar-refractivity contribution in [3.05, 3.63) is 41.8 Å². The molecule has 1 saturated heterocycles. The molecule has 0 spiro atoms. The van der Waals surface area contributed by atoms with E-state index in [4.69, 9.17) is 0 Å². The maximum absolute atomic E-state index is 13.0. The van der Waals surface area contributed by atoms with Gasteiger partial charge >= 0.3 is 0 Å². The average Bonchev–Trinajstić information content (AvgIpc) is 3.22. The number of sulfone groups is 1. The quantitative estimate of drug-likeness (QED) is 0.783. The first-order chi connectivity index (χ1) is 12.8. The van der Waals surface area contributed by atoms with Crippen LogP contribution in [0.1, 0.15) is 25.0 Å². The molecular formula is C19H24FN3O3S. The van der Waals surface area contributed by atoms with Crippen LogP contribution in [-0.2, 0) is 21.1 Å². The summed E-state index contributed by atoms with van der Waals surface area (Å²) in [7, 11) is -1.19. The monoisotopic (exact) mass is 393 g/mol. The predicted molar refractivity (Wildman–Crippen MR) is 101 cm³/mol. The van der Waals surface area contributed by atoms with E-state index in [1.807, 2.05) is 6.07 Å². The third kappa shape index (κ3) is 5.38. The molecule has 8 heteroatoms. The summed E-state index contributed by atoms with van der Waals surface area (Å²) >= 11 is 0. The van der Waals surface area contributed by atoms with Crippen molar-refractivity contribution < 1.29 is 17.6 Å². The fraction of sp³-hybridized carbons (Fsp3) is 0.474. The van der Waals surface area contributed by atoms with Crippen LogP contribution in [-0.4, -0.2) is 54.5 Å². The van der Waals surface area contributed by atoms with Crippen LogP contribution in [0.2, 0.25) is 0 Å². The van der Waals surface area contributed by atoms with Gasteiger partial charge in [-0.05, 0) is 55.5 Å². The Morgan fingerprint density at radius 1 is 1.33 bits per heavy atom. The highest BCUT2D eigenvalue weighted by atomic mass is 32.2. The molecule has 1 aromatic carbocycles. The number of amides is 1. The molecule has 0 saturated carbocycles. The summed E-state index contributed by atoms with van der Waals surface area (Å²) in [6.45, 7) is 0.600. The van der Waals surface area contributed by atoms with Gasteiger partial charge in [0.25, 0.3) is 0 Å². The van der Waals surface area contributed by atoms with Gasteiger partial charge in [-0.3, -0.25) is 9.89 Å². The van der Waals surface area contributed by atoms with Crippen molar-refractivity contribution in [2.75, 3.05) is 25.1 Å². The molecule has 1 atom stereocenters. The minimum atomic E-state index is -2.95. The number of nitrogens with zero attached hydrogens (tertiary/aromatic N) is 2. The highest BCUT2D eigenvalue weighted by Crippen LogP contribution is 2.22. The highest BCUT2D eigenvalue weighted by Gasteiger charge is 2.30. The maximum Gasteiger partial charge on any atom is 0.222 e. The maximum atomic E-state index is 13.0. The third-order valence-corrected chi connectivity index (χ3v) is 6.76. The van der Waals surface area contributed by atoms with Gasteiger partial charge in [0, 0.05) is 31.3 Å². The zero-order valence-corrected chi connectivity index (χ0v) is 16.1. The lowest BCUT2D eigenvalue weighted by atomic mass is 10.0. The van der Waals surface area contributed by atoms with Gasteiger partial charge in [-0.25, -0.2) is 12.8 Å². The summed E-state index contributed by atoms with van der Waals surface area (Å²) in [5.74, 6) is -0.000413. The van der Waals surface area contributed by atoms with Crippen LogP contribution in [0.4, 0.5) is 4.39 Å². The van der Waals surface area contributed by atoms with Crippen molar-refractivity contribution in [2.24, 2.45) is 5.92 Å². The number of benzene rings is 1. The number of aryl methyl sites for hydroxylation is 1. The summed E-state index contributed by atoms with van der Waals surface area (Å²) < 4.78 is 36.0. The van der Waals surface area contributed by atoms with Crippen molar-refractivity contribution in [1.29, 1.82) is 0 Å². The summed E-state index contributed by atoms with van der Waals surface area (Å²) in [5, 5.41) is 7.22. The molecule has 3 rings (SSSR count). The molecule has 1 aromatic heterocycles. The minimum absolute atomic E-state index is 0.00582. The molecule has 2 aromatic rings. The van der Waals surface area contributed by atoms with Crippen LogP contribution in [0, 0.1) is 11.7 Å². The van der Waals surface area contributed by atoms with E-state index in [2.05, 4.69) is 10.2 Å². The van der Waals surface area contributed by atoms with Gasteiger partial charge < -0.3 is 4.90 Å². The molecule has 0 aliphatic carbocycles. The Hall–Kier alpha value is -2.22. The summed E-state index contributed by atoms with van der Waals surface area (Å²) in [6, 6.07) is 8.11. The first-order valence-corrected chi connectivity index (χ1v) is 10.9. The van der Waals surface area contributed by atoms with E-state index < -0.39 is 9.84 Å². The zero-order chi connectivity index (χ0) is 19.4. The number of nitrogens with one attached hydrogen (secondary N) is 1. The van der Waals surface area contributed by atoms with Crippen LogP contribution in [0.25, 0.3) is 11.3 Å². The molecule has 2 heterocycles. The molecule has 0 bridgehead atoms. The third-order valence-electron chi connectivity index (χ3n) is 4.93. The van der Waals surface area contributed by atoms with Crippen molar-refractivity contribution in [1.82, 2.24) is 15.1 Å². The molecule has 1 aliphatic rings. The fourth-order valence-electron chi connectivity index (χ4n) is 3.33. The largest absolute Gasteiger partial charge is 0.346 e. The summed E-state index contributed by atoms with van der Waals surface area (Å²) in [6.07, 6.45) is 2.40. The molecule has 1 amide bonds. The second-order valence-corrected chi connectivity index (χ2v) is 9.41. The van der Waals surface area contributed by atoms with E-state index in [1.54, 1.807) is 24.1 Å². The van der Waals surface area contributed by atoms with Crippen LogP contribution in [0.3, 0.4) is 0 Å². The Labute approximate surface area is 158 Å². The number of hydrogen-bond acceptors (Lipinski definition) is 4. The van der Waals surface area contributed by atoms with Gasteiger partial charge in [-0.1, -0.05) is 0 Å². The summed E-state index contributed by atoms with van der Waals surface area (Å²) in [5.41, 5.74) is 2.56. The van der Waals surface area contributed by atoms with Crippen LogP contribution in [0.5, 0.6) is 0 Å². The Kier molecular flexibility index (Phi) is 5.94. The molecule has 1 N–H and O–H groups in total. The number of hydrogen-bond donors (Lipinski definition) is 1. The van der Waals surface area contributed by atoms with Crippen molar-refractivity contribution in [2.45, 2.75) is 25.7 Å². The molecule has 0 radical (unpaired) electrons. The van der Waals surface area contributed by atoms with Crippen molar-refractivity contribution in [3.8, 4) is 11.3 Å². The number of aromatic nitrogens is 2. The molecule has 6 nitrogen and oxygen atoms in total. The number of halogens is 1. The van der Waals surface area contributed by atoms with Crippen molar-refractivity contribution in [3.63, 3.8) is 0 Å². The Morgan fingerprint density at radius 2 is 2.07 bits per heavy atom. The van der Waals surface area contributed by atoms with E-state index >= 15 is 0 Å². The van der Waals surface area contributed by atoms with E-state index in [0.717, 1.165) is 29.8 Å². The van der Waals surface area contributed by atoms with Crippen LogP contribution < -0.4 is 0 Å². The smallest absolute Gasteiger partial charge is 0.222 e. The standard InChI is InChI=1S/C19H24FN3O3S/c1-23(19(24)11-14-8-10-27(25,26)13-14)9-2-3-17-12-18(22-21-17)15-4-6-16(20)7-5-15/h4-7,12,14H,2-3,8-11,13H2,1H3,(H,21,22). The van der Waals surface area contributed by atoms with Gasteiger partial charge in [-0.15, -0.1) is 0 Å². The second kappa shape index (κ2) is 8.21. The lowest BCUT2D eigenvalue weighted by molar-refractivity contribution is -0.130. The normalized spacial score (nSPS) is 18.5. The minimum Gasteiger partial charge on any atom is -0.346 e.